The maximum absolute atomic E-state index is 10.6. The zero-order chi connectivity index (χ0) is 12.3. The van der Waals surface area contributed by atoms with Gasteiger partial charge in [0, 0.05) is 17.3 Å². The molecule has 4 nitrogen and oxygen atoms in total. The molecule has 0 aliphatic heterocycles. The fraction of sp³-hybridized carbons (Fsp3) is 0.636. The van der Waals surface area contributed by atoms with Crippen LogP contribution in [0.25, 0.3) is 0 Å². The van der Waals surface area contributed by atoms with Crippen LogP contribution in [0.5, 0.6) is 0 Å². The van der Waals surface area contributed by atoms with Crippen molar-refractivity contribution in [2.75, 3.05) is 0 Å². The Kier molecular flexibility index (Phi) is 4.04. The minimum absolute atomic E-state index is 0.0569. The molecule has 90 valence electrons. The molecule has 5 heteroatoms. The number of nitrogens with zero attached hydrogens (tertiary/aromatic N) is 1. The number of thiazole rings is 1. The van der Waals surface area contributed by atoms with Crippen molar-refractivity contribution in [3.8, 4) is 0 Å². The van der Waals surface area contributed by atoms with Gasteiger partial charge in [0.05, 0.1) is 10.7 Å². The number of aliphatic carboxylic acids is 1. The Hall–Kier alpha value is -0.940. The van der Waals surface area contributed by atoms with Crippen molar-refractivity contribution in [3.05, 3.63) is 16.1 Å². The number of carboxylic acids is 1. The number of rotatable bonds is 4. The highest BCUT2D eigenvalue weighted by Gasteiger charge is 2.18. The van der Waals surface area contributed by atoms with Gasteiger partial charge in [-0.05, 0) is 6.92 Å². The van der Waals surface area contributed by atoms with Crippen molar-refractivity contribution < 1.29 is 9.90 Å². The van der Waals surface area contributed by atoms with Gasteiger partial charge in [0.2, 0.25) is 0 Å². The Morgan fingerprint density at radius 1 is 1.62 bits per heavy atom. The molecule has 2 N–H and O–H groups in total. The molecule has 0 radical (unpaired) electrons. The average molecular weight is 242 g/mol. The van der Waals surface area contributed by atoms with Gasteiger partial charge in [-0.2, -0.15) is 0 Å². The second kappa shape index (κ2) is 4.93. The van der Waals surface area contributed by atoms with Crippen LogP contribution in [-0.4, -0.2) is 22.1 Å². The van der Waals surface area contributed by atoms with Crippen LogP contribution in [0.2, 0.25) is 0 Å². The first kappa shape index (κ1) is 13.1. The Morgan fingerprint density at radius 2 is 2.25 bits per heavy atom. The average Bonchev–Trinajstić information content (AvgIpc) is 2.61. The molecule has 1 aromatic heterocycles. The van der Waals surface area contributed by atoms with Gasteiger partial charge < -0.3 is 5.11 Å². The fourth-order valence-corrected chi connectivity index (χ4v) is 1.98. The molecule has 1 aromatic rings. The Labute approximate surface area is 99.7 Å². The van der Waals surface area contributed by atoms with E-state index in [2.05, 4.69) is 31.1 Å². The fourth-order valence-electron chi connectivity index (χ4n) is 1.08. The molecule has 0 saturated carbocycles. The maximum atomic E-state index is 10.6. The van der Waals surface area contributed by atoms with E-state index in [4.69, 9.17) is 5.11 Å². The molecule has 16 heavy (non-hydrogen) atoms. The van der Waals surface area contributed by atoms with Gasteiger partial charge in [-0.25, -0.2) is 4.98 Å². The molecule has 0 spiro atoms. The second-order valence-electron chi connectivity index (χ2n) is 4.83. The third-order valence-electron chi connectivity index (χ3n) is 2.15. The third-order valence-corrected chi connectivity index (χ3v) is 3.47. The van der Waals surface area contributed by atoms with Crippen LogP contribution in [0.15, 0.2) is 5.38 Å². The Balaban J connectivity index is 2.57. The highest BCUT2D eigenvalue weighted by atomic mass is 32.1. The summed E-state index contributed by atoms with van der Waals surface area (Å²) in [5, 5.41) is 14.7. The molecule has 0 amide bonds. The van der Waals surface area contributed by atoms with Gasteiger partial charge in [0.25, 0.3) is 0 Å². The lowest BCUT2D eigenvalue weighted by Crippen LogP contribution is -2.33. The molecular formula is C11H18N2O2S. The van der Waals surface area contributed by atoms with Crippen molar-refractivity contribution in [3.63, 3.8) is 0 Å². The predicted octanol–water partition coefficient (Wildman–Crippen LogP) is 2.00. The van der Waals surface area contributed by atoms with Gasteiger partial charge in [0.15, 0.2) is 0 Å². The number of hydrogen-bond acceptors (Lipinski definition) is 4. The molecule has 1 unspecified atom stereocenters. The minimum Gasteiger partial charge on any atom is -0.480 e. The number of aromatic nitrogens is 1. The van der Waals surface area contributed by atoms with E-state index < -0.39 is 12.0 Å². The molecule has 0 aliphatic rings. The smallest absolute Gasteiger partial charge is 0.320 e. The lowest BCUT2D eigenvalue weighted by Gasteiger charge is -2.13. The molecule has 0 saturated heterocycles. The molecular weight excluding hydrogens is 224 g/mol. The van der Waals surface area contributed by atoms with E-state index in [1.165, 1.54) is 0 Å². The summed E-state index contributed by atoms with van der Waals surface area (Å²) >= 11 is 1.62. The largest absolute Gasteiger partial charge is 0.480 e. The van der Waals surface area contributed by atoms with E-state index in [-0.39, 0.29) is 5.41 Å². The summed E-state index contributed by atoms with van der Waals surface area (Å²) in [6, 6.07) is -0.542. The number of nitrogens with one attached hydrogen (secondary N) is 1. The van der Waals surface area contributed by atoms with Crippen molar-refractivity contribution in [2.24, 2.45) is 0 Å². The number of carbonyl (C=O) groups is 1. The third kappa shape index (κ3) is 3.57. The van der Waals surface area contributed by atoms with Crippen molar-refractivity contribution in [1.82, 2.24) is 10.3 Å². The quantitative estimate of drug-likeness (QED) is 0.847. The lowest BCUT2D eigenvalue weighted by molar-refractivity contribution is -0.139. The molecule has 0 fully saturated rings. The van der Waals surface area contributed by atoms with E-state index in [1.807, 2.05) is 5.38 Å². The molecule has 1 atom stereocenters. The van der Waals surface area contributed by atoms with E-state index in [1.54, 1.807) is 18.3 Å². The summed E-state index contributed by atoms with van der Waals surface area (Å²) in [6.45, 7) is 8.47. The summed E-state index contributed by atoms with van der Waals surface area (Å²) < 4.78 is 0. The van der Waals surface area contributed by atoms with Gasteiger partial charge in [-0.15, -0.1) is 11.3 Å². The summed E-state index contributed by atoms with van der Waals surface area (Å²) in [5.41, 5.74) is 0.962. The number of hydrogen-bond donors (Lipinski definition) is 2. The van der Waals surface area contributed by atoms with Gasteiger partial charge in [-0.1, -0.05) is 20.8 Å². The zero-order valence-electron chi connectivity index (χ0n) is 10.1. The number of carboxylic acid groups (broad SMARTS) is 1. The minimum atomic E-state index is -0.841. The van der Waals surface area contributed by atoms with Crippen LogP contribution >= 0.6 is 11.3 Å². The van der Waals surface area contributed by atoms with Crippen molar-refractivity contribution in [1.29, 1.82) is 0 Å². The normalized spacial score (nSPS) is 13.8. The maximum Gasteiger partial charge on any atom is 0.320 e. The standard InChI is InChI=1S/C11H18N2O2S/c1-7(9(14)15)12-5-8-6-16-10(13-8)11(2,3)4/h6-7,12H,5H2,1-4H3,(H,14,15). The van der Waals surface area contributed by atoms with Crippen LogP contribution in [0, 0.1) is 0 Å². The highest BCUT2D eigenvalue weighted by molar-refractivity contribution is 7.09. The van der Waals surface area contributed by atoms with Gasteiger partial charge in [-0.3, -0.25) is 10.1 Å². The van der Waals surface area contributed by atoms with Gasteiger partial charge >= 0.3 is 5.97 Å². The molecule has 0 bridgehead atoms. The van der Waals surface area contributed by atoms with E-state index >= 15 is 0 Å². The highest BCUT2D eigenvalue weighted by Crippen LogP contribution is 2.25. The lowest BCUT2D eigenvalue weighted by atomic mass is 9.98. The molecule has 1 heterocycles. The predicted molar refractivity (Wildman–Crippen MR) is 64.8 cm³/mol. The first-order valence-electron chi connectivity index (χ1n) is 5.22. The van der Waals surface area contributed by atoms with Crippen LogP contribution in [0.3, 0.4) is 0 Å². The molecule has 0 aromatic carbocycles. The van der Waals surface area contributed by atoms with Crippen LogP contribution in [0.1, 0.15) is 38.4 Å². The van der Waals surface area contributed by atoms with Gasteiger partial charge in [0.1, 0.15) is 6.04 Å². The van der Waals surface area contributed by atoms with E-state index in [0.717, 1.165) is 10.7 Å². The Morgan fingerprint density at radius 3 is 2.69 bits per heavy atom. The summed E-state index contributed by atoms with van der Waals surface area (Å²) in [6.07, 6.45) is 0. The monoisotopic (exact) mass is 242 g/mol. The summed E-state index contributed by atoms with van der Waals surface area (Å²) in [7, 11) is 0. The van der Waals surface area contributed by atoms with Crippen LogP contribution in [-0.2, 0) is 16.8 Å². The second-order valence-corrected chi connectivity index (χ2v) is 5.69. The van der Waals surface area contributed by atoms with Crippen LogP contribution < -0.4 is 5.32 Å². The van der Waals surface area contributed by atoms with E-state index in [0.29, 0.717) is 6.54 Å². The zero-order valence-corrected chi connectivity index (χ0v) is 10.9. The molecule has 0 aliphatic carbocycles. The SMILES string of the molecule is CC(NCc1csc(C(C)(C)C)n1)C(=O)O. The summed E-state index contributed by atoms with van der Waals surface area (Å²) in [5.74, 6) is -0.841. The summed E-state index contributed by atoms with van der Waals surface area (Å²) in [4.78, 5) is 15.1. The Bertz CT molecular complexity index is 368. The first-order chi connectivity index (χ1) is 7.30. The van der Waals surface area contributed by atoms with Crippen molar-refractivity contribution >= 4 is 17.3 Å². The first-order valence-corrected chi connectivity index (χ1v) is 6.09. The topological polar surface area (TPSA) is 62.2 Å². The van der Waals surface area contributed by atoms with E-state index in [9.17, 15) is 4.79 Å². The van der Waals surface area contributed by atoms with Crippen molar-refractivity contribution in [2.45, 2.75) is 45.7 Å². The molecule has 1 rings (SSSR count). The van der Waals surface area contributed by atoms with Crippen LogP contribution in [0.4, 0.5) is 0 Å².